The van der Waals surface area contributed by atoms with Crippen LogP contribution in [0.15, 0.2) is 24.3 Å². The molecule has 0 aliphatic rings. The van der Waals surface area contributed by atoms with Crippen LogP contribution in [0.25, 0.3) is 0 Å². The van der Waals surface area contributed by atoms with Gasteiger partial charge in [-0.05, 0) is 31.5 Å². The van der Waals surface area contributed by atoms with Gasteiger partial charge in [0.2, 0.25) is 0 Å². The van der Waals surface area contributed by atoms with Crippen LogP contribution < -0.4 is 10.5 Å². The van der Waals surface area contributed by atoms with Crippen LogP contribution in [0.1, 0.15) is 31.7 Å². The molecule has 0 aromatic heterocycles. The zero-order chi connectivity index (χ0) is 13.1. The summed E-state index contributed by atoms with van der Waals surface area (Å²) in [6, 6.07) is 7.36. The summed E-state index contributed by atoms with van der Waals surface area (Å²) in [4.78, 5) is 10.9. The van der Waals surface area contributed by atoms with Crippen molar-refractivity contribution in [3.63, 3.8) is 0 Å². The fraction of sp³-hybridized carbons (Fsp3) is 0.462. The SMILES string of the molecule is COc1ccc(C(CC(=O)O)C(C)(C)N)cc1. The Bertz CT molecular complexity index is 379. The minimum Gasteiger partial charge on any atom is -0.497 e. The van der Waals surface area contributed by atoms with Crippen LogP contribution in [0.4, 0.5) is 0 Å². The van der Waals surface area contributed by atoms with Gasteiger partial charge in [0.1, 0.15) is 5.75 Å². The Hall–Kier alpha value is -1.55. The second-order valence-corrected chi connectivity index (χ2v) is 4.74. The first kappa shape index (κ1) is 13.5. The van der Waals surface area contributed by atoms with E-state index in [9.17, 15) is 4.79 Å². The van der Waals surface area contributed by atoms with Crippen molar-refractivity contribution < 1.29 is 14.6 Å². The zero-order valence-corrected chi connectivity index (χ0v) is 10.4. The molecule has 1 atom stereocenters. The van der Waals surface area contributed by atoms with E-state index in [0.717, 1.165) is 11.3 Å². The van der Waals surface area contributed by atoms with Crippen LogP contribution in [0.3, 0.4) is 0 Å². The Kier molecular flexibility index (Phi) is 4.12. The maximum atomic E-state index is 10.9. The maximum Gasteiger partial charge on any atom is 0.304 e. The number of carboxylic acid groups (broad SMARTS) is 1. The minimum absolute atomic E-state index is 0.0236. The Balaban J connectivity index is 3.00. The molecule has 3 N–H and O–H groups in total. The van der Waals surface area contributed by atoms with E-state index in [1.54, 1.807) is 7.11 Å². The summed E-state index contributed by atoms with van der Waals surface area (Å²) in [5.41, 5.74) is 6.38. The second kappa shape index (κ2) is 5.19. The lowest BCUT2D eigenvalue weighted by molar-refractivity contribution is -0.137. The van der Waals surface area contributed by atoms with Crippen molar-refractivity contribution in [3.05, 3.63) is 29.8 Å². The molecule has 4 heteroatoms. The highest BCUT2D eigenvalue weighted by atomic mass is 16.5. The second-order valence-electron chi connectivity index (χ2n) is 4.74. The number of rotatable bonds is 5. The lowest BCUT2D eigenvalue weighted by atomic mass is 9.80. The van der Waals surface area contributed by atoms with Crippen LogP contribution in [0.5, 0.6) is 5.75 Å². The lowest BCUT2D eigenvalue weighted by Gasteiger charge is -2.30. The highest BCUT2D eigenvalue weighted by Gasteiger charge is 2.28. The van der Waals surface area contributed by atoms with Gasteiger partial charge in [0, 0.05) is 11.5 Å². The van der Waals surface area contributed by atoms with Crippen molar-refractivity contribution in [3.8, 4) is 5.75 Å². The molecule has 0 saturated heterocycles. The summed E-state index contributed by atoms with van der Waals surface area (Å²) in [6.07, 6.45) is 0.0236. The molecule has 0 radical (unpaired) electrons. The fourth-order valence-corrected chi connectivity index (χ4v) is 1.82. The smallest absolute Gasteiger partial charge is 0.304 e. The average Bonchev–Trinajstić information content (AvgIpc) is 2.24. The predicted octanol–water partition coefficient (Wildman–Crippen LogP) is 1.99. The van der Waals surface area contributed by atoms with Crippen LogP contribution in [0, 0.1) is 0 Å². The van der Waals surface area contributed by atoms with Crippen LogP contribution >= 0.6 is 0 Å². The maximum absolute atomic E-state index is 10.9. The van der Waals surface area contributed by atoms with Crippen LogP contribution in [0.2, 0.25) is 0 Å². The number of ether oxygens (including phenoxy) is 1. The fourth-order valence-electron chi connectivity index (χ4n) is 1.82. The van der Waals surface area contributed by atoms with E-state index in [4.69, 9.17) is 15.6 Å². The van der Waals surface area contributed by atoms with E-state index in [1.807, 2.05) is 38.1 Å². The van der Waals surface area contributed by atoms with Gasteiger partial charge in [-0.3, -0.25) is 4.79 Å². The molecule has 4 nitrogen and oxygen atoms in total. The van der Waals surface area contributed by atoms with Crippen molar-refractivity contribution in [2.45, 2.75) is 31.7 Å². The van der Waals surface area contributed by atoms with Gasteiger partial charge >= 0.3 is 5.97 Å². The number of hydrogen-bond donors (Lipinski definition) is 2. The molecule has 0 fully saturated rings. The van der Waals surface area contributed by atoms with E-state index in [0.29, 0.717) is 0 Å². The number of carbonyl (C=O) groups is 1. The third-order valence-corrected chi connectivity index (χ3v) is 2.80. The molecule has 0 amide bonds. The van der Waals surface area contributed by atoms with Gasteiger partial charge in [-0.25, -0.2) is 0 Å². The largest absolute Gasteiger partial charge is 0.497 e. The monoisotopic (exact) mass is 237 g/mol. The van der Waals surface area contributed by atoms with Crippen LogP contribution in [-0.2, 0) is 4.79 Å². The topological polar surface area (TPSA) is 72.5 Å². The first-order chi connectivity index (χ1) is 7.84. The Morgan fingerprint density at radius 1 is 1.41 bits per heavy atom. The Morgan fingerprint density at radius 3 is 2.29 bits per heavy atom. The van der Waals surface area contributed by atoms with Crippen molar-refractivity contribution in [2.75, 3.05) is 7.11 Å². The number of nitrogens with two attached hydrogens (primary N) is 1. The van der Waals surface area contributed by atoms with Crippen LogP contribution in [-0.4, -0.2) is 23.7 Å². The summed E-state index contributed by atoms with van der Waals surface area (Å²) in [5, 5.41) is 8.93. The molecule has 1 unspecified atom stereocenters. The predicted molar refractivity (Wildman–Crippen MR) is 66.3 cm³/mol. The molecular weight excluding hydrogens is 218 g/mol. The van der Waals surface area contributed by atoms with Gasteiger partial charge in [-0.2, -0.15) is 0 Å². The molecule has 0 saturated carbocycles. The summed E-state index contributed by atoms with van der Waals surface area (Å²) in [6.45, 7) is 3.68. The summed E-state index contributed by atoms with van der Waals surface area (Å²) in [5.74, 6) is -0.312. The number of carboxylic acids is 1. The summed E-state index contributed by atoms with van der Waals surface area (Å²) >= 11 is 0. The Labute approximate surface area is 101 Å². The lowest BCUT2D eigenvalue weighted by Crippen LogP contribution is -2.40. The quantitative estimate of drug-likeness (QED) is 0.821. The molecule has 1 aromatic rings. The van der Waals surface area contributed by atoms with Crippen molar-refractivity contribution in [1.29, 1.82) is 0 Å². The molecule has 0 heterocycles. The van der Waals surface area contributed by atoms with Crippen molar-refractivity contribution >= 4 is 5.97 Å². The third kappa shape index (κ3) is 3.75. The number of hydrogen-bond acceptors (Lipinski definition) is 3. The van der Waals surface area contributed by atoms with Gasteiger partial charge in [0.05, 0.1) is 13.5 Å². The molecule has 17 heavy (non-hydrogen) atoms. The average molecular weight is 237 g/mol. The number of aliphatic carboxylic acids is 1. The van der Waals surface area contributed by atoms with Gasteiger partial charge in [-0.1, -0.05) is 12.1 Å². The zero-order valence-electron chi connectivity index (χ0n) is 10.4. The summed E-state index contributed by atoms with van der Waals surface area (Å²) < 4.78 is 5.07. The first-order valence-electron chi connectivity index (χ1n) is 5.49. The van der Waals surface area contributed by atoms with Gasteiger partial charge < -0.3 is 15.6 Å². The summed E-state index contributed by atoms with van der Waals surface area (Å²) in [7, 11) is 1.59. The highest BCUT2D eigenvalue weighted by Crippen LogP contribution is 2.30. The molecule has 0 bridgehead atoms. The first-order valence-corrected chi connectivity index (χ1v) is 5.49. The third-order valence-electron chi connectivity index (χ3n) is 2.80. The van der Waals surface area contributed by atoms with E-state index in [1.165, 1.54) is 0 Å². The Morgan fingerprint density at radius 2 is 1.94 bits per heavy atom. The number of methoxy groups -OCH3 is 1. The van der Waals surface area contributed by atoms with E-state index in [-0.39, 0.29) is 12.3 Å². The van der Waals surface area contributed by atoms with Gasteiger partial charge in [0.15, 0.2) is 0 Å². The molecule has 94 valence electrons. The van der Waals surface area contributed by atoms with Crippen molar-refractivity contribution in [1.82, 2.24) is 0 Å². The standard InChI is InChI=1S/C13H19NO3/c1-13(2,14)11(8-12(15)16)9-4-6-10(17-3)7-5-9/h4-7,11H,8,14H2,1-3H3,(H,15,16). The van der Waals surface area contributed by atoms with Crippen molar-refractivity contribution in [2.24, 2.45) is 5.73 Å². The molecule has 0 aliphatic heterocycles. The van der Waals surface area contributed by atoms with Gasteiger partial charge in [-0.15, -0.1) is 0 Å². The molecular formula is C13H19NO3. The molecule has 0 aliphatic carbocycles. The molecule has 1 rings (SSSR count). The number of benzene rings is 1. The van der Waals surface area contributed by atoms with E-state index >= 15 is 0 Å². The van der Waals surface area contributed by atoms with E-state index in [2.05, 4.69) is 0 Å². The van der Waals surface area contributed by atoms with Gasteiger partial charge in [0.25, 0.3) is 0 Å². The normalized spacial score (nSPS) is 13.2. The minimum atomic E-state index is -0.843. The van der Waals surface area contributed by atoms with E-state index < -0.39 is 11.5 Å². The highest BCUT2D eigenvalue weighted by molar-refractivity contribution is 5.68. The molecule has 0 spiro atoms. The molecule has 1 aromatic carbocycles.